The summed E-state index contributed by atoms with van der Waals surface area (Å²) in [6, 6.07) is 0.384. The van der Waals surface area contributed by atoms with Crippen LogP contribution in [0.4, 0.5) is 0 Å². The molecule has 4 aliphatic carbocycles. The van der Waals surface area contributed by atoms with Gasteiger partial charge in [0, 0.05) is 0 Å². The molecular formula is C49H90N2O2Sn2. The summed E-state index contributed by atoms with van der Waals surface area (Å²) in [6.07, 6.45) is 34.4. The minimum atomic E-state index is -2.44. The van der Waals surface area contributed by atoms with Crippen molar-refractivity contribution in [1.29, 1.82) is 0 Å². The topological polar surface area (TPSA) is 58.2 Å². The van der Waals surface area contributed by atoms with Gasteiger partial charge in [-0.1, -0.05) is 0 Å². The van der Waals surface area contributed by atoms with Gasteiger partial charge in [-0.15, -0.1) is 0 Å². The molecule has 4 fully saturated rings. The predicted molar refractivity (Wildman–Crippen MR) is 244 cm³/mol. The number of rotatable bonds is 26. The van der Waals surface area contributed by atoms with Crippen molar-refractivity contribution in [1.82, 2.24) is 10.6 Å². The maximum atomic E-state index is 13.9. The number of amides is 2. The quantitative estimate of drug-likeness (QED) is 0.0670. The van der Waals surface area contributed by atoms with E-state index in [1.54, 1.807) is 0 Å². The van der Waals surface area contributed by atoms with E-state index in [4.69, 9.17) is 0 Å². The molecule has 0 spiro atoms. The van der Waals surface area contributed by atoms with Crippen LogP contribution in [0.3, 0.4) is 0 Å². The Kier molecular flexibility index (Phi) is 22.2. The molecule has 4 saturated carbocycles. The molecule has 0 bridgehead atoms. The molecule has 2 N–H and O–H groups in total. The predicted octanol–water partition coefficient (Wildman–Crippen LogP) is 13.9. The van der Waals surface area contributed by atoms with Crippen LogP contribution in [0.25, 0.3) is 0 Å². The van der Waals surface area contributed by atoms with Gasteiger partial charge >= 0.3 is 353 Å². The van der Waals surface area contributed by atoms with Crippen LogP contribution < -0.4 is 10.6 Å². The van der Waals surface area contributed by atoms with E-state index in [2.05, 4.69) is 72.5 Å². The molecule has 4 nitrogen and oxygen atoms in total. The summed E-state index contributed by atoms with van der Waals surface area (Å²) < 4.78 is 14.7. The normalized spacial score (nSPS) is 28.5. The van der Waals surface area contributed by atoms with Crippen LogP contribution >= 0.6 is 0 Å². The van der Waals surface area contributed by atoms with Crippen LogP contribution in [-0.4, -0.2) is 60.7 Å². The van der Waals surface area contributed by atoms with Gasteiger partial charge in [-0.25, -0.2) is 0 Å². The fourth-order valence-electron chi connectivity index (χ4n) is 12.2. The Balaban J connectivity index is 1.47. The number of fused-ring (bicyclic) bond motifs is 2. The van der Waals surface area contributed by atoms with Crippen LogP contribution in [0.2, 0.25) is 26.6 Å². The summed E-state index contributed by atoms with van der Waals surface area (Å²) in [6.45, 7) is 14.2. The first kappa shape index (κ1) is 47.7. The van der Waals surface area contributed by atoms with Crippen molar-refractivity contribution in [2.24, 2.45) is 35.5 Å². The number of hydrogen-bond acceptors (Lipinski definition) is 2. The summed E-state index contributed by atoms with van der Waals surface area (Å²) in [5.41, 5.74) is 0. The van der Waals surface area contributed by atoms with Crippen molar-refractivity contribution in [2.75, 3.05) is 0 Å². The van der Waals surface area contributed by atoms with Crippen LogP contribution in [0.5, 0.6) is 0 Å². The van der Waals surface area contributed by atoms with E-state index in [1.807, 2.05) is 0 Å². The third-order valence-corrected chi connectivity index (χ3v) is 43.7. The van der Waals surface area contributed by atoms with Gasteiger partial charge in [0.2, 0.25) is 0 Å². The van der Waals surface area contributed by atoms with E-state index in [0.717, 1.165) is 24.7 Å². The van der Waals surface area contributed by atoms with Crippen LogP contribution in [-0.2, 0) is 9.59 Å². The molecule has 2 amide bonds. The second kappa shape index (κ2) is 25.6. The molecule has 0 aliphatic heterocycles. The number of carbonyl (C=O) groups excluding carboxylic acids is 2. The van der Waals surface area contributed by atoms with E-state index >= 15 is 0 Å². The van der Waals surface area contributed by atoms with Crippen molar-refractivity contribution in [3.8, 4) is 0 Å². The fraction of sp³-hybridized carbons (Fsp3) is 0.878. The first-order valence-corrected chi connectivity index (χ1v) is 40.1. The van der Waals surface area contributed by atoms with Gasteiger partial charge in [0.15, 0.2) is 0 Å². The third kappa shape index (κ3) is 14.6. The SMILES string of the molecule is CCC[CH2][Sn](/[CH]=C/C1C(NC(=O)CC(=O)NC2C[C@H]3CCCC[C@@H]3C2/C=[CH]/[Sn]([CH2]CCC)([CH2]CCC)[CH2]CCC)C[C@H]2CCCC[C@H]12)([CH2]CCC)[CH2]CCC. The van der Waals surface area contributed by atoms with E-state index in [1.165, 1.54) is 155 Å². The van der Waals surface area contributed by atoms with Crippen molar-refractivity contribution >= 4 is 48.6 Å². The molecule has 4 aliphatic rings. The minimum absolute atomic E-state index is 0.0100. The van der Waals surface area contributed by atoms with Crippen LogP contribution in [0, 0.1) is 35.5 Å². The average molecular weight is 977 g/mol. The molecule has 8 atom stereocenters. The molecule has 0 radical (unpaired) electrons. The molecule has 0 saturated heterocycles. The average Bonchev–Trinajstić information content (AvgIpc) is 3.72. The van der Waals surface area contributed by atoms with Gasteiger partial charge in [-0.05, 0) is 0 Å². The molecule has 55 heavy (non-hydrogen) atoms. The van der Waals surface area contributed by atoms with Gasteiger partial charge in [0.05, 0.1) is 0 Å². The Labute approximate surface area is 350 Å². The van der Waals surface area contributed by atoms with Gasteiger partial charge < -0.3 is 0 Å². The zero-order valence-corrected chi connectivity index (χ0v) is 43.0. The first-order valence-electron chi connectivity index (χ1n) is 24.7. The second-order valence-electron chi connectivity index (χ2n) is 19.6. The van der Waals surface area contributed by atoms with Gasteiger partial charge in [0.25, 0.3) is 0 Å². The zero-order chi connectivity index (χ0) is 39.5. The van der Waals surface area contributed by atoms with E-state index in [9.17, 15) is 9.59 Å². The Morgan fingerprint density at radius 2 is 0.800 bits per heavy atom. The third-order valence-electron chi connectivity index (χ3n) is 15.5. The summed E-state index contributed by atoms with van der Waals surface area (Å²) in [4.78, 5) is 27.7. The zero-order valence-electron chi connectivity index (χ0n) is 37.3. The van der Waals surface area contributed by atoms with Crippen molar-refractivity contribution in [2.45, 2.75) is 228 Å². The molecule has 6 heteroatoms. The number of carbonyl (C=O) groups is 2. The number of unbranched alkanes of at least 4 members (excludes halogenated alkanes) is 6. The number of nitrogens with one attached hydrogen (secondary N) is 2. The van der Waals surface area contributed by atoms with E-state index in [0.29, 0.717) is 23.7 Å². The monoisotopic (exact) mass is 979 g/mol. The Morgan fingerprint density at radius 1 is 0.491 bits per heavy atom. The summed E-state index contributed by atoms with van der Waals surface area (Å²) >= 11 is -4.89. The van der Waals surface area contributed by atoms with Crippen molar-refractivity contribution in [3.05, 3.63) is 20.3 Å². The first-order chi connectivity index (χ1) is 26.8. The van der Waals surface area contributed by atoms with Crippen LogP contribution in [0.15, 0.2) is 20.3 Å². The summed E-state index contributed by atoms with van der Waals surface area (Å²) in [5, 5.41) is 7.08. The molecule has 0 aromatic carbocycles. The molecule has 0 aromatic rings. The van der Waals surface area contributed by atoms with Crippen LogP contribution in [0.1, 0.15) is 189 Å². The molecule has 316 valence electrons. The standard InChI is InChI=1S/C25H36N2O2.6C4H9.2Sn/c1-3-18-20-11-7-5-9-16(20)13-22(18)26-24(28)15-25(29)27-23-14-17-10-6-8-12-21(17)19(23)4-2;6*1-3-4-2;;/h1-4,16-23H,5-15H2,(H,26,28)(H,27,29);6*1,3-4H2,2H3;;/t16-,17-,18?,19?,20+,21+,22?,23?;;;;;;;;/m1......../s1. The van der Waals surface area contributed by atoms with Crippen molar-refractivity contribution in [3.63, 3.8) is 0 Å². The summed E-state index contributed by atoms with van der Waals surface area (Å²) in [5.74, 6) is 3.70. The fourth-order valence-corrected chi connectivity index (χ4v) is 41.1. The molecular weight excluding hydrogens is 886 g/mol. The molecule has 0 aromatic heterocycles. The Bertz CT molecular complexity index is 1040. The summed E-state index contributed by atoms with van der Waals surface area (Å²) in [7, 11) is 0. The van der Waals surface area contributed by atoms with E-state index < -0.39 is 36.8 Å². The second-order valence-corrected chi connectivity index (χ2v) is 45.7. The van der Waals surface area contributed by atoms with Gasteiger partial charge in [-0.2, -0.15) is 0 Å². The molecule has 0 heterocycles. The molecule has 4 unspecified atom stereocenters. The van der Waals surface area contributed by atoms with Gasteiger partial charge in [-0.3, -0.25) is 0 Å². The Morgan fingerprint density at radius 3 is 1.11 bits per heavy atom. The number of hydrogen-bond donors (Lipinski definition) is 2. The van der Waals surface area contributed by atoms with Crippen molar-refractivity contribution < 1.29 is 9.59 Å². The van der Waals surface area contributed by atoms with Gasteiger partial charge in [0.1, 0.15) is 0 Å². The maximum absolute atomic E-state index is 13.9. The molecule has 4 rings (SSSR count). The van der Waals surface area contributed by atoms with E-state index in [-0.39, 0.29) is 30.3 Å². The Hall–Kier alpha value is 0.0174.